The molecular weight excluding hydrogens is 498 g/mol. The number of hydrogen-bond acceptors (Lipinski definition) is 4. The number of phenolic OH excluding ortho intramolecular Hbond substituents is 1. The summed E-state index contributed by atoms with van der Waals surface area (Å²) < 4.78 is 6.54. The molecule has 0 saturated heterocycles. The largest absolute Gasteiger partial charge is 0.508 e. The fourth-order valence-electron chi connectivity index (χ4n) is 5.06. The van der Waals surface area contributed by atoms with Crippen LogP contribution in [0.2, 0.25) is 0 Å². The highest BCUT2D eigenvalue weighted by Gasteiger charge is 2.18. The summed E-state index contributed by atoms with van der Waals surface area (Å²) in [6.07, 6.45) is 1.70. The number of benzene rings is 5. The number of hydrogen-bond donors (Lipinski definition) is 1. The first-order valence-electron chi connectivity index (χ1n) is 13.4. The zero-order valence-corrected chi connectivity index (χ0v) is 22.6. The van der Waals surface area contributed by atoms with E-state index >= 15 is 0 Å². The van der Waals surface area contributed by atoms with Crippen LogP contribution in [-0.4, -0.2) is 10.0 Å². The van der Waals surface area contributed by atoms with E-state index in [0.29, 0.717) is 22.8 Å². The molecule has 0 aliphatic rings. The van der Waals surface area contributed by atoms with Crippen LogP contribution in [0.1, 0.15) is 36.5 Å². The molecule has 5 heteroatoms. The minimum atomic E-state index is -0.389. The Hall–Kier alpha value is -4.90. The van der Waals surface area contributed by atoms with Crippen molar-refractivity contribution >= 4 is 5.69 Å². The minimum Gasteiger partial charge on any atom is -0.508 e. The van der Waals surface area contributed by atoms with Crippen LogP contribution in [0.3, 0.4) is 0 Å². The van der Waals surface area contributed by atoms with Gasteiger partial charge in [0.2, 0.25) is 0 Å². The number of ether oxygens (including phenoxy) is 1. The number of rotatable bonds is 9. The molecule has 0 bridgehead atoms. The van der Waals surface area contributed by atoms with Crippen LogP contribution < -0.4 is 4.74 Å². The van der Waals surface area contributed by atoms with Gasteiger partial charge in [-0.05, 0) is 76.9 Å². The molecule has 0 radical (unpaired) electrons. The van der Waals surface area contributed by atoms with Crippen LogP contribution in [0.4, 0.5) is 5.69 Å². The Bertz CT molecular complexity index is 1630. The first-order valence-corrected chi connectivity index (χ1v) is 13.4. The van der Waals surface area contributed by atoms with Gasteiger partial charge in [0.15, 0.2) is 0 Å². The van der Waals surface area contributed by atoms with Crippen molar-refractivity contribution in [3.63, 3.8) is 0 Å². The second-order valence-electron chi connectivity index (χ2n) is 9.94. The summed E-state index contributed by atoms with van der Waals surface area (Å²) in [5.41, 5.74) is 7.04. The smallest absolute Gasteiger partial charge is 0.270 e. The molecule has 1 N–H and O–H groups in total. The summed E-state index contributed by atoms with van der Waals surface area (Å²) in [4.78, 5) is 11.1. The van der Waals surface area contributed by atoms with Gasteiger partial charge in [-0.25, -0.2) is 0 Å². The van der Waals surface area contributed by atoms with Crippen LogP contribution >= 0.6 is 0 Å². The van der Waals surface area contributed by atoms with Gasteiger partial charge < -0.3 is 9.84 Å². The maximum atomic E-state index is 11.5. The van der Waals surface area contributed by atoms with Crippen LogP contribution in [0, 0.1) is 10.1 Å². The molecule has 5 nitrogen and oxygen atoms in total. The second-order valence-corrected chi connectivity index (χ2v) is 9.94. The normalized spacial score (nSPS) is 11.7. The van der Waals surface area contributed by atoms with Gasteiger partial charge in [-0.3, -0.25) is 10.1 Å². The zero-order chi connectivity index (χ0) is 28.1. The second kappa shape index (κ2) is 11.9. The quantitative estimate of drug-likeness (QED) is 0.152. The predicted molar refractivity (Wildman–Crippen MR) is 160 cm³/mol. The molecular formula is C35H31NO4. The van der Waals surface area contributed by atoms with Crippen molar-refractivity contribution in [1.82, 2.24) is 0 Å². The highest BCUT2D eigenvalue weighted by molar-refractivity contribution is 5.76. The molecule has 5 aromatic rings. The molecule has 0 aliphatic heterocycles. The summed E-state index contributed by atoms with van der Waals surface area (Å²) in [7, 11) is 0. The van der Waals surface area contributed by atoms with Gasteiger partial charge in [0.05, 0.1) is 4.92 Å². The Morgan fingerprint density at radius 1 is 0.750 bits per heavy atom. The topological polar surface area (TPSA) is 72.6 Å². The van der Waals surface area contributed by atoms with Gasteiger partial charge in [0, 0.05) is 23.3 Å². The SMILES string of the molecule is CCc1cc(O)ccc1CC(C)c1ccc(Oc2ccc([N+](=O)[O-])cc2-c2ccccc2)c(-c2ccccc2)c1. The van der Waals surface area contributed by atoms with E-state index in [9.17, 15) is 15.2 Å². The molecule has 0 aromatic heterocycles. The van der Waals surface area contributed by atoms with E-state index in [0.717, 1.165) is 35.1 Å². The van der Waals surface area contributed by atoms with Crippen LogP contribution in [0.5, 0.6) is 17.2 Å². The van der Waals surface area contributed by atoms with Crippen molar-refractivity contribution in [1.29, 1.82) is 0 Å². The molecule has 5 aromatic carbocycles. The first kappa shape index (κ1) is 26.7. The Kier molecular flexibility index (Phi) is 7.92. The Morgan fingerprint density at radius 2 is 1.35 bits per heavy atom. The lowest BCUT2D eigenvalue weighted by molar-refractivity contribution is -0.384. The number of aryl methyl sites for hydroxylation is 1. The minimum absolute atomic E-state index is 0.0133. The molecule has 0 heterocycles. The average Bonchev–Trinajstić information content (AvgIpc) is 2.99. The predicted octanol–water partition coefficient (Wildman–Crippen LogP) is 9.34. The molecule has 0 fully saturated rings. The Morgan fingerprint density at radius 3 is 1.95 bits per heavy atom. The zero-order valence-electron chi connectivity index (χ0n) is 22.6. The molecule has 0 saturated carbocycles. The summed E-state index contributed by atoms with van der Waals surface area (Å²) in [5, 5.41) is 21.5. The lowest BCUT2D eigenvalue weighted by Gasteiger charge is -2.19. The highest BCUT2D eigenvalue weighted by atomic mass is 16.6. The van der Waals surface area contributed by atoms with Crippen LogP contribution in [0.15, 0.2) is 115 Å². The van der Waals surface area contributed by atoms with E-state index in [-0.39, 0.29) is 16.5 Å². The number of non-ortho nitro benzene ring substituents is 1. The van der Waals surface area contributed by atoms with Crippen molar-refractivity contribution in [3.05, 3.63) is 142 Å². The van der Waals surface area contributed by atoms with Gasteiger partial charge in [-0.2, -0.15) is 0 Å². The van der Waals surface area contributed by atoms with Crippen LogP contribution in [-0.2, 0) is 12.8 Å². The molecule has 1 atom stereocenters. The van der Waals surface area contributed by atoms with Crippen molar-refractivity contribution in [2.45, 2.75) is 32.6 Å². The monoisotopic (exact) mass is 529 g/mol. The maximum Gasteiger partial charge on any atom is 0.270 e. The summed E-state index contributed by atoms with van der Waals surface area (Å²) in [5.74, 6) is 1.74. The third-order valence-electron chi connectivity index (χ3n) is 7.23. The lowest BCUT2D eigenvalue weighted by atomic mass is 9.89. The summed E-state index contributed by atoms with van der Waals surface area (Å²) >= 11 is 0. The van der Waals surface area contributed by atoms with Gasteiger partial charge in [0.1, 0.15) is 17.2 Å². The molecule has 0 aliphatic carbocycles. The average molecular weight is 530 g/mol. The van der Waals surface area contributed by atoms with Gasteiger partial charge in [-0.1, -0.05) is 86.6 Å². The molecule has 40 heavy (non-hydrogen) atoms. The number of nitro benzene ring substituents is 1. The van der Waals surface area contributed by atoms with E-state index < -0.39 is 0 Å². The summed E-state index contributed by atoms with van der Waals surface area (Å²) in [6, 6.07) is 36.2. The number of nitrogens with zero attached hydrogens (tertiary/aromatic N) is 1. The van der Waals surface area contributed by atoms with E-state index in [1.165, 1.54) is 17.2 Å². The van der Waals surface area contributed by atoms with Crippen molar-refractivity contribution in [2.75, 3.05) is 0 Å². The lowest BCUT2D eigenvalue weighted by Crippen LogP contribution is -2.02. The fraction of sp³-hybridized carbons (Fsp3) is 0.143. The van der Waals surface area contributed by atoms with E-state index in [4.69, 9.17) is 4.74 Å². The standard InChI is InChI=1S/C35H31NO4/c1-3-25-21-31(37)17-14-29(25)20-24(2)28-15-18-34(32(22-28)26-10-6-4-7-11-26)40-35-19-16-30(36(38)39)23-33(35)27-12-8-5-9-13-27/h4-19,21-24,37H,3,20H2,1-2H3. The van der Waals surface area contributed by atoms with Crippen molar-refractivity contribution in [2.24, 2.45) is 0 Å². The number of phenols is 1. The van der Waals surface area contributed by atoms with E-state index in [1.54, 1.807) is 18.2 Å². The van der Waals surface area contributed by atoms with Crippen molar-refractivity contribution in [3.8, 4) is 39.5 Å². The molecule has 5 rings (SSSR count). The van der Waals surface area contributed by atoms with Gasteiger partial charge >= 0.3 is 0 Å². The van der Waals surface area contributed by atoms with Crippen LogP contribution in [0.25, 0.3) is 22.3 Å². The Labute approximate surface area is 234 Å². The van der Waals surface area contributed by atoms with Gasteiger partial charge in [-0.15, -0.1) is 0 Å². The molecule has 1 unspecified atom stereocenters. The highest BCUT2D eigenvalue weighted by Crippen LogP contribution is 2.41. The molecule has 0 spiro atoms. The van der Waals surface area contributed by atoms with Gasteiger partial charge in [0.25, 0.3) is 5.69 Å². The van der Waals surface area contributed by atoms with E-state index in [2.05, 4.69) is 38.1 Å². The number of nitro groups is 1. The Balaban J connectivity index is 1.54. The summed E-state index contributed by atoms with van der Waals surface area (Å²) in [6.45, 7) is 4.31. The molecule has 200 valence electrons. The fourth-order valence-corrected chi connectivity index (χ4v) is 5.06. The first-order chi connectivity index (χ1) is 19.4. The molecule has 0 amide bonds. The third kappa shape index (κ3) is 5.89. The van der Waals surface area contributed by atoms with E-state index in [1.807, 2.05) is 66.7 Å². The van der Waals surface area contributed by atoms with Crippen molar-refractivity contribution < 1.29 is 14.8 Å². The maximum absolute atomic E-state index is 11.5. The number of aromatic hydroxyl groups is 1. The third-order valence-corrected chi connectivity index (χ3v) is 7.23.